The topological polar surface area (TPSA) is 171 Å². The Labute approximate surface area is 241 Å². The number of non-ortho nitro benzene ring substituents is 1. The number of fused-ring (bicyclic) bond motifs is 1. The molecule has 0 spiro atoms. The van der Waals surface area contributed by atoms with Gasteiger partial charge in [-0.2, -0.15) is 0 Å². The zero-order chi connectivity index (χ0) is 30.2. The number of hydrogen-bond donors (Lipinski definition) is 2. The van der Waals surface area contributed by atoms with E-state index >= 15 is 0 Å². The molecule has 14 heteroatoms. The fourth-order valence-electron chi connectivity index (χ4n) is 5.86. The fourth-order valence-corrected chi connectivity index (χ4v) is 7.39. The van der Waals surface area contributed by atoms with Crippen molar-refractivity contribution in [2.45, 2.75) is 64.2 Å². The van der Waals surface area contributed by atoms with Gasteiger partial charge >= 0.3 is 12.1 Å². The monoisotopic (exact) mass is 590 g/mol. The van der Waals surface area contributed by atoms with E-state index in [2.05, 4.69) is 0 Å². The van der Waals surface area contributed by atoms with E-state index in [-0.39, 0.29) is 48.0 Å². The average molecular weight is 591 g/mol. The number of aliphatic hydroxyl groups is 1. The van der Waals surface area contributed by atoms with Crippen LogP contribution in [0.5, 0.6) is 0 Å². The number of amides is 3. The van der Waals surface area contributed by atoms with Gasteiger partial charge in [0.05, 0.1) is 23.0 Å². The number of likely N-dealkylation sites (tertiary alicyclic amines) is 1. The van der Waals surface area contributed by atoms with E-state index in [9.17, 15) is 39.5 Å². The second-order valence-corrected chi connectivity index (χ2v) is 11.7. The first-order valence-corrected chi connectivity index (χ1v) is 14.4. The van der Waals surface area contributed by atoms with Crippen molar-refractivity contribution in [1.82, 2.24) is 14.7 Å². The summed E-state index contributed by atoms with van der Waals surface area (Å²) >= 11 is 1.25. The SMILES string of the molecule is CCN(CC)C(=O)[C@@H]1C[C@H](SC2=C(C(=O)O)N3C(=O)[C@H]([C@@H](C)O)[C@H]3[C@H]2C)CN1C(=O)OCc1ccc([N+](=O)[O-])cc1. The Kier molecular flexibility index (Phi) is 8.92. The molecule has 3 aliphatic heterocycles. The molecule has 0 radical (unpaired) electrons. The van der Waals surface area contributed by atoms with E-state index in [1.54, 1.807) is 4.90 Å². The van der Waals surface area contributed by atoms with Gasteiger partial charge in [0.2, 0.25) is 11.8 Å². The van der Waals surface area contributed by atoms with Crippen molar-refractivity contribution < 1.29 is 39.1 Å². The van der Waals surface area contributed by atoms with Crippen LogP contribution >= 0.6 is 11.8 Å². The van der Waals surface area contributed by atoms with Crippen LogP contribution in [0.1, 0.15) is 39.7 Å². The van der Waals surface area contributed by atoms with Crippen LogP contribution in [0.15, 0.2) is 34.9 Å². The minimum atomic E-state index is -1.24. The fraction of sp³-hybridized carbons (Fsp3) is 0.556. The molecule has 3 heterocycles. The lowest BCUT2D eigenvalue weighted by atomic mass is 9.79. The minimum absolute atomic E-state index is 0.0909. The molecule has 13 nitrogen and oxygen atoms in total. The molecule has 6 atom stereocenters. The number of carboxylic acids is 1. The third-order valence-corrected chi connectivity index (χ3v) is 9.47. The molecule has 0 aliphatic carbocycles. The Hall–Kier alpha value is -3.65. The second-order valence-electron chi connectivity index (χ2n) is 10.4. The molecule has 3 aliphatic rings. The van der Waals surface area contributed by atoms with Gasteiger partial charge in [-0.3, -0.25) is 24.6 Å². The van der Waals surface area contributed by atoms with Crippen LogP contribution in [0.25, 0.3) is 0 Å². The summed E-state index contributed by atoms with van der Waals surface area (Å²) < 4.78 is 5.49. The highest BCUT2D eigenvalue weighted by atomic mass is 32.2. The molecule has 1 aromatic carbocycles. The van der Waals surface area contributed by atoms with E-state index in [4.69, 9.17) is 4.74 Å². The number of nitro benzene ring substituents is 1. The maximum absolute atomic E-state index is 13.4. The molecule has 0 aromatic heterocycles. The van der Waals surface area contributed by atoms with E-state index in [1.165, 1.54) is 52.8 Å². The number of benzene rings is 1. The molecule has 2 fully saturated rings. The van der Waals surface area contributed by atoms with Gasteiger partial charge in [0, 0.05) is 47.8 Å². The Bertz CT molecular complexity index is 1260. The first kappa shape index (κ1) is 30.3. The van der Waals surface area contributed by atoms with Gasteiger partial charge in [0.25, 0.3) is 5.69 Å². The van der Waals surface area contributed by atoms with Crippen LogP contribution in [-0.4, -0.2) is 96.8 Å². The minimum Gasteiger partial charge on any atom is -0.477 e. The lowest BCUT2D eigenvalue weighted by Gasteiger charge is -2.46. The van der Waals surface area contributed by atoms with Gasteiger partial charge in [0.15, 0.2) is 0 Å². The summed E-state index contributed by atoms with van der Waals surface area (Å²) in [6.45, 7) is 7.86. The molecular weight excluding hydrogens is 556 g/mol. The molecule has 3 amide bonds. The Balaban J connectivity index is 1.54. The summed E-state index contributed by atoms with van der Waals surface area (Å²) in [5.41, 5.74) is 0.338. The van der Waals surface area contributed by atoms with Crippen molar-refractivity contribution in [3.8, 4) is 0 Å². The Morgan fingerprint density at radius 1 is 1.22 bits per heavy atom. The van der Waals surface area contributed by atoms with Crippen molar-refractivity contribution >= 4 is 41.3 Å². The van der Waals surface area contributed by atoms with Crippen molar-refractivity contribution in [3.05, 3.63) is 50.5 Å². The van der Waals surface area contributed by atoms with E-state index in [0.29, 0.717) is 23.6 Å². The van der Waals surface area contributed by atoms with Crippen molar-refractivity contribution in [1.29, 1.82) is 0 Å². The molecule has 222 valence electrons. The van der Waals surface area contributed by atoms with Crippen LogP contribution in [-0.2, 0) is 25.7 Å². The molecule has 41 heavy (non-hydrogen) atoms. The van der Waals surface area contributed by atoms with Crippen LogP contribution in [0.4, 0.5) is 10.5 Å². The zero-order valence-corrected chi connectivity index (χ0v) is 24.1. The number of nitrogens with zero attached hydrogens (tertiary/aromatic N) is 4. The third kappa shape index (κ3) is 5.62. The lowest BCUT2D eigenvalue weighted by molar-refractivity contribution is -0.384. The van der Waals surface area contributed by atoms with Crippen molar-refractivity contribution in [3.63, 3.8) is 0 Å². The van der Waals surface area contributed by atoms with Gasteiger partial charge in [0.1, 0.15) is 18.3 Å². The Morgan fingerprint density at radius 2 is 1.85 bits per heavy atom. The summed E-state index contributed by atoms with van der Waals surface area (Å²) in [6, 6.07) is 4.30. The average Bonchev–Trinajstić information content (AvgIpc) is 3.45. The van der Waals surface area contributed by atoms with Gasteiger partial charge in [-0.05, 0) is 44.9 Å². The highest BCUT2D eigenvalue weighted by molar-refractivity contribution is 8.03. The van der Waals surface area contributed by atoms with Crippen LogP contribution in [0.3, 0.4) is 0 Å². The predicted molar refractivity (Wildman–Crippen MR) is 147 cm³/mol. The Morgan fingerprint density at radius 3 is 2.39 bits per heavy atom. The van der Waals surface area contributed by atoms with E-state index in [0.717, 1.165) is 0 Å². The van der Waals surface area contributed by atoms with Crippen molar-refractivity contribution in [2.24, 2.45) is 11.8 Å². The molecular formula is C27H34N4O9S. The highest BCUT2D eigenvalue weighted by Gasteiger charge is 2.60. The first-order chi connectivity index (χ1) is 19.4. The lowest BCUT2D eigenvalue weighted by Crippen LogP contribution is -2.63. The number of carboxylic acid groups (broad SMARTS) is 1. The maximum Gasteiger partial charge on any atom is 0.410 e. The summed E-state index contributed by atoms with van der Waals surface area (Å²) in [5.74, 6) is -2.95. The van der Waals surface area contributed by atoms with Gasteiger partial charge < -0.3 is 24.7 Å². The van der Waals surface area contributed by atoms with E-state index in [1.807, 2.05) is 20.8 Å². The summed E-state index contributed by atoms with van der Waals surface area (Å²) in [4.78, 5) is 66.6. The molecule has 2 saturated heterocycles. The molecule has 0 saturated carbocycles. The third-order valence-electron chi connectivity index (χ3n) is 7.97. The van der Waals surface area contributed by atoms with Crippen LogP contribution in [0.2, 0.25) is 0 Å². The summed E-state index contributed by atoms with van der Waals surface area (Å²) in [5, 5.41) is 30.6. The number of carbonyl (C=O) groups is 4. The molecule has 0 bridgehead atoms. The summed E-state index contributed by atoms with van der Waals surface area (Å²) in [6.07, 6.45) is -1.39. The normalized spacial score (nSPS) is 26.0. The number of thioether (sulfide) groups is 1. The standard InChI is InChI=1S/C27H34N4O9S/c1-5-28(6-2)24(33)19-11-18(12-29(19)27(37)40-13-16-7-9-17(10-8-16)31(38)39)41-23-14(3)21-20(15(4)32)25(34)30(21)22(23)26(35)36/h7-10,14-15,18-21,32H,5-6,11-13H2,1-4H3,(H,35,36)/t14-,15-,18+,19+,20-,21-/m1/s1. The van der Waals surface area contributed by atoms with E-state index < -0.39 is 47.0 Å². The number of rotatable bonds is 10. The number of carbonyl (C=O) groups excluding carboxylic acids is 3. The van der Waals surface area contributed by atoms with Gasteiger partial charge in [-0.15, -0.1) is 11.8 Å². The number of ether oxygens (including phenoxy) is 1. The highest BCUT2D eigenvalue weighted by Crippen LogP contribution is 2.52. The zero-order valence-electron chi connectivity index (χ0n) is 23.3. The number of likely N-dealkylation sites (N-methyl/N-ethyl adjacent to an activating group) is 1. The van der Waals surface area contributed by atoms with Crippen LogP contribution < -0.4 is 0 Å². The van der Waals surface area contributed by atoms with Crippen molar-refractivity contribution in [2.75, 3.05) is 19.6 Å². The van der Waals surface area contributed by atoms with Gasteiger partial charge in [-0.1, -0.05) is 6.92 Å². The number of hydrogen-bond acceptors (Lipinski definition) is 9. The quantitative estimate of drug-likeness (QED) is 0.234. The van der Waals surface area contributed by atoms with Crippen LogP contribution in [0, 0.1) is 22.0 Å². The number of aliphatic hydroxyl groups excluding tert-OH is 1. The second kappa shape index (κ2) is 12.1. The largest absolute Gasteiger partial charge is 0.477 e. The molecule has 4 rings (SSSR count). The summed E-state index contributed by atoms with van der Waals surface area (Å²) in [7, 11) is 0. The maximum atomic E-state index is 13.4. The predicted octanol–water partition coefficient (Wildman–Crippen LogP) is 2.43. The van der Waals surface area contributed by atoms with Gasteiger partial charge in [-0.25, -0.2) is 9.59 Å². The smallest absolute Gasteiger partial charge is 0.410 e. The molecule has 1 aromatic rings. The molecule has 2 N–H and O–H groups in total. The number of nitro groups is 1. The molecule has 0 unspecified atom stereocenters. The number of aliphatic carboxylic acids is 1. The number of β-lactam (4-membered cyclic amide) rings is 1. The first-order valence-electron chi connectivity index (χ1n) is 13.5.